The van der Waals surface area contributed by atoms with Crippen LogP contribution < -0.4 is 10.5 Å². The van der Waals surface area contributed by atoms with Crippen molar-refractivity contribution in [3.8, 4) is 5.75 Å². The number of ether oxygens (including phenoxy) is 1. The van der Waals surface area contributed by atoms with Crippen LogP contribution in [0.1, 0.15) is 25.3 Å². The molecule has 0 amide bonds. The summed E-state index contributed by atoms with van der Waals surface area (Å²) in [5.41, 5.74) is 6.30. The summed E-state index contributed by atoms with van der Waals surface area (Å²) in [5.74, 6) is 1.09. The van der Waals surface area contributed by atoms with E-state index in [-0.39, 0.29) is 11.9 Å². The number of rotatable bonds is 5. The average molecular weight is 223 g/mol. The Labute approximate surface area is 95.6 Å². The molecule has 16 heavy (non-hydrogen) atoms. The lowest BCUT2D eigenvalue weighted by molar-refractivity contribution is 0.298. The van der Waals surface area contributed by atoms with E-state index in [0.29, 0.717) is 30.3 Å². The SMILES string of the molecule is CC(N)Cc1ccc(OCC2CC2)cc1F. The lowest BCUT2D eigenvalue weighted by Gasteiger charge is -2.09. The van der Waals surface area contributed by atoms with Gasteiger partial charge >= 0.3 is 0 Å². The maximum Gasteiger partial charge on any atom is 0.130 e. The second-order valence-electron chi connectivity index (χ2n) is 4.69. The first-order valence-electron chi connectivity index (χ1n) is 5.82. The van der Waals surface area contributed by atoms with Gasteiger partial charge in [-0.15, -0.1) is 0 Å². The second kappa shape index (κ2) is 4.83. The van der Waals surface area contributed by atoms with Gasteiger partial charge in [0.05, 0.1) is 6.61 Å². The third kappa shape index (κ3) is 3.20. The molecule has 3 heteroatoms. The van der Waals surface area contributed by atoms with Gasteiger partial charge in [0.1, 0.15) is 11.6 Å². The van der Waals surface area contributed by atoms with Crippen molar-refractivity contribution in [1.29, 1.82) is 0 Å². The van der Waals surface area contributed by atoms with Crippen LogP contribution in [-0.4, -0.2) is 12.6 Å². The monoisotopic (exact) mass is 223 g/mol. The summed E-state index contributed by atoms with van der Waals surface area (Å²) < 4.78 is 19.1. The number of halogens is 1. The van der Waals surface area contributed by atoms with Crippen LogP contribution >= 0.6 is 0 Å². The predicted molar refractivity (Wildman–Crippen MR) is 62.0 cm³/mol. The van der Waals surface area contributed by atoms with Gasteiger partial charge in [-0.1, -0.05) is 6.07 Å². The molecule has 2 rings (SSSR count). The maximum atomic E-state index is 13.6. The first-order valence-corrected chi connectivity index (χ1v) is 5.82. The van der Waals surface area contributed by atoms with E-state index in [0.717, 1.165) is 0 Å². The molecule has 2 N–H and O–H groups in total. The summed E-state index contributed by atoms with van der Waals surface area (Å²) in [5, 5.41) is 0. The second-order valence-corrected chi connectivity index (χ2v) is 4.69. The molecule has 88 valence electrons. The van der Waals surface area contributed by atoms with Crippen molar-refractivity contribution in [2.24, 2.45) is 11.7 Å². The van der Waals surface area contributed by atoms with E-state index in [1.165, 1.54) is 18.9 Å². The van der Waals surface area contributed by atoms with Gasteiger partial charge in [-0.3, -0.25) is 0 Å². The van der Waals surface area contributed by atoms with Crippen molar-refractivity contribution in [3.63, 3.8) is 0 Å². The van der Waals surface area contributed by atoms with Crippen molar-refractivity contribution >= 4 is 0 Å². The van der Waals surface area contributed by atoms with Crippen LogP contribution in [0, 0.1) is 11.7 Å². The van der Waals surface area contributed by atoms with Crippen LogP contribution in [-0.2, 0) is 6.42 Å². The minimum absolute atomic E-state index is 0.0206. The Morgan fingerprint density at radius 3 is 2.81 bits per heavy atom. The fraction of sp³-hybridized carbons (Fsp3) is 0.538. The molecule has 0 heterocycles. The number of hydrogen-bond donors (Lipinski definition) is 1. The lowest BCUT2D eigenvalue weighted by atomic mass is 10.1. The topological polar surface area (TPSA) is 35.2 Å². The molecule has 2 nitrogen and oxygen atoms in total. The normalized spacial score (nSPS) is 17.2. The highest BCUT2D eigenvalue weighted by atomic mass is 19.1. The molecular formula is C13H18FNO. The summed E-state index contributed by atoms with van der Waals surface area (Å²) in [6.07, 6.45) is 3.05. The molecule has 0 spiro atoms. The third-order valence-electron chi connectivity index (χ3n) is 2.75. The molecule has 1 atom stereocenters. The lowest BCUT2D eigenvalue weighted by Crippen LogP contribution is -2.18. The molecule has 0 aliphatic heterocycles. The van der Waals surface area contributed by atoms with Crippen LogP contribution in [0.15, 0.2) is 18.2 Å². The van der Waals surface area contributed by atoms with Crippen LogP contribution in [0.3, 0.4) is 0 Å². The van der Waals surface area contributed by atoms with E-state index >= 15 is 0 Å². The van der Waals surface area contributed by atoms with Crippen molar-refractivity contribution in [3.05, 3.63) is 29.6 Å². The number of benzene rings is 1. The van der Waals surface area contributed by atoms with Gasteiger partial charge in [-0.25, -0.2) is 4.39 Å². The minimum Gasteiger partial charge on any atom is -0.493 e. The molecule has 0 saturated heterocycles. The van der Waals surface area contributed by atoms with Crippen LogP contribution in [0.25, 0.3) is 0 Å². The standard InChI is InChI=1S/C13H18FNO/c1-9(15)6-11-4-5-12(7-13(11)14)16-8-10-2-3-10/h4-5,7,9-10H,2-3,6,8,15H2,1H3. The summed E-state index contributed by atoms with van der Waals surface area (Å²) in [7, 11) is 0. The Hall–Kier alpha value is -1.09. The zero-order valence-corrected chi connectivity index (χ0v) is 9.58. The highest BCUT2D eigenvalue weighted by Gasteiger charge is 2.22. The van der Waals surface area contributed by atoms with Gasteiger partial charge in [-0.05, 0) is 43.7 Å². The molecule has 1 unspecified atom stereocenters. The Morgan fingerprint density at radius 2 is 2.25 bits per heavy atom. The van der Waals surface area contributed by atoms with Crippen LogP contribution in [0.2, 0.25) is 0 Å². The summed E-state index contributed by atoms with van der Waals surface area (Å²) in [6, 6.07) is 5.03. The fourth-order valence-corrected chi connectivity index (χ4v) is 1.63. The van der Waals surface area contributed by atoms with Crippen molar-refractivity contribution < 1.29 is 9.13 Å². The van der Waals surface area contributed by atoms with Gasteiger partial charge in [-0.2, -0.15) is 0 Å². The third-order valence-corrected chi connectivity index (χ3v) is 2.75. The molecule has 1 aliphatic carbocycles. The maximum absolute atomic E-state index is 13.6. The van der Waals surface area contributed by atoms with Crippen LogP contribution in [0.5, 0.6) is 5.75 Å². The van der Waals surface area contributed by atoms with Gasteiger partial charge in [0.25, 0.3) is 0 Å². The Balaban J connectivity index is 1.97. The van der Waals surface area contributed by atoms with Gasteiger partial charge in [0, 0.05) is 12.1 Å². The average Bonchev–Trinajstić information content (AvgIpc) is 3.02. The van der Waals surface area contributed by atoms with E-state index in [2.05, 4.69) is 0 Å². The Morgan fingerprint density at radius 1 is 1.50 bits per heavy atom. The first kappa shape index (κ1) is 11.4. The summed E-state index contributed by atoms with van der Waals surface area (Å²) >= 11 is 0. The molecule has 1 fully saturated rings. The highest BCUT2D eigenvalue weighted by molar-refractivity contribution is 5.29. The fourth-order valence-electron chi connectivity index (χ4n) is 1.63. The predicted octanol–water partition coefficient (Wildman–Crippen LogP) is 2.50. The zero-order valence-electron chi connectivity index (χ0n) is 9.58. The zero-order chi connectivity index (χ0) is 11.5. The number of nitrogens with two attached hydrogens (primary N) is 1. The molecule has 1 aliphatic rings. The highest BCUT2D eigenvalue weighted by Crippen LogP contribution is 2.29. The van der Waals surface area contributed by atoms with E-state index in [9.17, 15) is 4.39 Å². The first-order chi connectivity index (χ1) is 7.65. The quantitative estimate of drug-likeness (QED) is 0.832. The van der Waals surface area contributed by atoms with Crippen LogP contribution in [0.4, 0.5) is 4.39 Å². The van der Waals surface area contributed by atoms with Gasteiger partial charge in [0.15, 0.2) is 0 Å². The Bertz CT molecular complexity index is 361. The molecule has 1 aromatic carbocycles. The molecule has 0 radical (unpaired) electrons. The van der Waals surface area contributed by atoms with E-state index in [4.69, 9.17) is 10.5 Å². The smallest absolute Gasteiger partial charge is 0.130 e. The summed E-state index contributed by atoms with van der Waals surface area (Å²) in [6.45, 7) is 2.59. The van der Waals surface area contributed by atoms with E-state index in [1.54, 1.807) is 6.07 Å². The largest absolute Gasteiger partial charge is 0.493 e. The summed E-state index contributed by atoms with van der Waals surface area (Å²) in [4.78, 5) is 0. The van der Waals surface area contributed by atoms with Crippen molar-refractivity contribution in [2.45, 2.75) is 32.2 Å². The number of hydrogen-bond acceptors (Lipinski definition) is 2. The van der Waals surface area contributed by atoms with E-state index < -0.39 is 0 Å². The van der Waals surface area contributed by atoms with Gasteiger partial charge in [0.2, 0.25) is 0 Å². The Kier molecular flexibility index (Phi) is 3.44. The molecule has 0 aromatic heterocycles. The van der Waals surface area contributed by atoms with Gasteiger partial charge < -0.3 is 10.5 Å². The molecule has 0 bridgehead atoms. The van der Waals surface area contributed by atoms with Crippen molar-refractivity contribution in [1.82, 2.24) is 0 Å². The molecule has 1 saturated carbocycles. The van der Waals surface area contributed by atoms with Crippen molar-refractivity contribution in [2.75, 3.05) is 6.61 Å². The minimum atomic E-state index is -0.217. The molecule has 1 aromatic rings. The van der Waals surface area contributed by atoms with E-state index in [1.807, 2.05) is 13.0 Å². The molecular weight excluding hydrogens is 205 g/mol.